The van der Waals surface area contributed by atoms with Crippen LogP contribution in [0.25, 0.3) is 0 Å². The summed E-state index contributed by atoms with van der Waals surface area (Å²) in [5.41, 5.74) is 4.02. The van der Waals surface area contributed by atoms with Crippen molar-refractivity contribution in [3.05, 3.63) is 65.8 Å². The van der Waals surface area contributed by atoms with Gasteiger partial charge in [0.05, 0.1) is 5.71 Å². The highest BCUT2D eigenvalue weighted by Crippen LogP contribution is 2.12. The van der Waals surface area contributed by atoms with Gasteiger partial charge in [-0.3, -0.25) is 14.8 Å². The van der Waals surface area contributed by atoms with Crippen LogP contribution in [-0.2, 0) is 17.8 Å². The van der Waals surface area contributed by atoms with Crippen LogP contribution < -0.4 is 5.32 Å². The molecule has 2 rings (SSSR count). The molecule has 0 aromatic carbocycles. The zero-order valence-corrected chi connectivity index (χ0v) is 13.7. The first-order valence-electron chi connectivity index (χ1n) is 7.99. The number of aryl methyl sites for hydroxylation is 1. The summed E-state index contributed by atoms with van der Waals surface area (Å²) in [7, 11) is 0. The van der Waals surface area contributed by atoms with Crippen LogP contribution in [0, 0.1) is 0 Å². The van der Waals surface area contributed by atoms with Gasteiger partial charge in [0, 0.05) is 42.8 Å². The number of nitrogens with one attached hydrogen (secondary N) is 1. The van der Waals surface area contributed by atoms with Crippen LogP contribution in [0.3, 0.4) is 0 Å². The quantitative estimate of drug-likeness (QED) is 0.710. The van der Waals surface area contributed by atoms with Crippen molar-refractivity contribution in [2.24, 2.45) is 4.99 Å². The van der Waals surface area contributed by atoms with Crippen LogP contribution in [0.2, 0.25) is 0 Å². The molecule has 0 radical (unpaired) electrons. The van der Waals surface area contributed by atoms with Gasteiger partial charge in [-0.1, -0.05) is 25.5 Å². The van der Waals surface area contributed by atoms with Crippen molar-refractivity contribution >= 4 is 11.5 Å². The lowest BCUT2D eigenvalue weighted by atomic mass is 10.0. The van der Waals surface area contributed by atoms with Crippen molar-refractivity contribution in [2.75, 3.05) is 0 Å². The lowest BCUT2D eigenvalue weighted by molar-refractivity contribution is -0.113. The smallest absolute Gasteiger partial charge is 0.159 e. The fourth-order valence-corrected chi connectivity index (χ4v) is 2.24. The second-order valence-corrected chi connectivity index (χ2v) is 5.43. The third-order valence-corrected chi connectivity index (χ3v) is 3.47. The molecule has 2 heterocycles. The maximum absolute atomic E-state index is 11.8. The van der Waals surface area contributed by atoms with Crippen molar-refractivity contribution < 1.29 is 4.79 Å². The normalized spacial score (nSPS) is 13.8. The Kier molecular flexibility index (Phi) is 6.48. The predicted molar refractivity (Wildman–Crippen MR) is 94.2 cm³/mol. The second-order valence-electron chi connectivity index (χ2n) is 5.43. The van der Waals surface area contributed by atoms with Gasteiger partial charge in [-0.15, -0.1) is 0 Å². The van der Waals surface area contributed by atoms with Crippen LogP contribution in [0.15, 0.2) is 59.5 Å². The van der Waals surface area contributed by atoms with E-state index < -0.39 is 0 Å². The molecule has 0 bridgehead atoms. The highest BCUT2D eigenvalue weighted by molar-refractivity contribution is 6.14. The molecule has 0 fully saturated rings. The van der Waals surface area contributed by atoms with Gasteiger partial charge < -0.3 is 5.32 Å². The first-order chi connectivity index (χ1) is 11.2. The maximum Gasteiger partial charge on any atom is 0.159 e. The van der Waals surface area contributed by atoms with Gasteiger partial charge in [0.15, 0.2) is 5.78 Å². The average molecular weight is 309 g/mol. The lowest BCUT2D eigenvalue weighted by Crippen LogP contribution is -2.14. The first-order valence-corrected chi connectivity index (χ1v) is 7.99. The lowest BCUT2D eigenvalue weighted by Gasteiger charge is -2.11. The molecule has 1 aliphatic rings. The number of aromatic nitrogens is 1. The Hall–Kier alpha value is -2.49. The van der Waals surface area contributed by atoms with Gasteiger partial charge in [-0.25, -0.2) is 0 Å². The molecule has 0 unspecified atom stereocenters. The third-order valence-electron chi connectivity index (χ3n) is 3.47. The molecular weight excluding hydrogens is 286 g/mol. The van der Waals surface area contributed by atoms with E-state index in [1.807, 2.05) is 25.4 Å². The summed E-state index contributed by atoms with van der Waals surface area (Å²) in [5.74, 6) is 0.0779. The number of ketones is 1. The molecular formula is C19H23N3O. The fourth-order valence-electron chi connectivity index (χ4n) is 2.24. The summed E-state index contributed by atoms with van der Waals surface area (Å²) in [4.78, 5) is 20.4. The molecule has 0 spiro atoms. The highest BCUT2D eigenvalue weighted by Gasteiger charge is 2.11. The molecule has 1 N–H and O–H groups in total. The molecule has 1 aromatic rings. The maximum atomic E-state index is 11.8. The molecule has 0 saturated heterocycles. The van der Waals surface area contributed by atoms with E-state index in [4.69, 9.17) is 0 Å². The minimum atomic E-state index is 0.0779. The monoisotopic (exact) mass is 309 g/mol. The van der Waals surface area contributed by atoms with E-state index >= 15 is 0 Å². The molecule has 0 saturated carbocycles. The number of pyridine rings is 1. The Morgan fingerprint density at radius 2 is 2.17 bits per heavy atom. The van der Waals surface area contributed by atoms with E-state index in [9.17, 15) is 4.79 Å². The molecule has 0 amide bonds. The predicted octanol–water partition coefficient (Wildman–Crippen LogP) is 3.51. The first kappa shape index (κ1) is 16.9. The van der Waals surface area contributed by atoms with Crippen LogP contribution >= 0.6 is 0 Å². The highest BCUT2D eigenvalue weighted by atomic mass is 16.1. The summed E-state index contributed by atoms with van der Waals surface area (Å²) in [6, 6.07) is 4.16. The van der Waals surface area contributed by atoms with Crippen molar-refractivity contribution in [1.29, 1.82) is 0 Å². The number of carbonyl (C=O) groups excluding carboxylic acids is 1. The van der Waals surface area contributed by atoms with Gasteiger partial charge in [0.1, 0.15) is 0 Å². The van der Waals surface area contributed by atoms with E-state index in [1.54, 1.807) is 18.4 Å². The zero-order chi connectivity index (χ0) is 16.5. The van der Waals surface area contributed by atoms with Crippen molar-refractivity contribution in [2.45, 2.75) is 39.7 Å². The third kappa shape index (κ3) is 5.33. The average Bonchev–Trinajstić information content (AvgIpc) is 2.47. The Bertz CT molecular complexity index is 652. The summed E-state index contributed by atoms with van der Waals surface area (Å²) >= 11 is 0. The van der Waals surface area contributed by atoms with Gasteiger partial charge in [0.25, 0.3) is 0 Å². The van der Waals surface area contributed by atoms with E-state index in [0.717, 1.165) is 35.4 Å². The minimum Gasteiger partial charge on any atom is -0.386 e. The van der Waals surface area contributed by atoms with Crippen molar-refractivity contribution in [3.63, 3.8) is 0 Å². The van der Waals surface area contributed by atoms with Gasteiger partial charge in [-0.05, 0) is 37.1 Å². The molecule has 4 heteroatoms. The number of rotatable bonds is 9. The van der Waals surface area contributed by atoms with E-state index in [0.29, 0.717) is 13.0 Å². The molecule has 23 heavy (non-hydrogen) atoms. The van der Waals surface area contributed by atoms with Gasteiger partial charge in [-0.2, -0.15) is 0 Å². The van der Waals surface area contributed by atoms with Crippen LogP contribution in [0.1, 0.15) is 37.9 Å². The number of allylic oxidation sites excluding steroid dienone is 4. The number of nitrogens with zero attached hydrogens (tertiary/aromatic N) is 2. The molecule has 0 atom stereocenters. The van der Waals surface area contributed by atoms with E-state index in [-0.39, 0.29) is 5.78 Å². The number of hydrogen-bond donors (Lipinski definition) is 1. The summed E-state index contributed by atoms with van der Waals surface area (Å²) < 4.78 is 0. The van der Waals surface area contributed by atoms with Crippen LogP contribution in [-0.4, -0.2) is 16.5 Å². The van der Waals surface area contributed by atoms with E-state index in [2.05, 4.69) is 34.3 Å². The number of aliphatic imine (C=N–C) groups is 1. The summed E-state index contributed by atoms with van der Waals surface area (Å²) in [6.45, 7) is 4.67. The van der Waals surface area contributed by atoms with Crippen LogP contribution in [0.4, 0.5) is 0 Å². The van der Waals surface area contributed by atoms with Crippen molar-refractivity contribution in [3.8, 4) is 0 Å². The number of hydrogen-bond acceptors (Lipinski definition) is 4. The number of carbonyl (C=O) groups is 1. The van der Waals surface area contributed by atoms with Gasteiger partial charge >= 0.3 is 0 Å². The SMILES string of the molecule is CC=CC(=O)C/C(=C/NCc1ccc(CCC)nc1)C1=NC=C1. The van der Waals surface area contributed by atoms with Crippen LogP contribution in [0.5, 0.6) is 0 Å². The summed E-state index contributed by atoms with van der Waals surface area (Å²) in [6.07, 6.45) is 13.2. The molecule has 4 nitrogen and oxygen atoms in total. The largest absolute Gasteiger partial charge is 0.386 e. The Balaban J connectivity index is 1.93. The standard InChI is InChI=1S/C19H23N3O/c1-3-5-17-8-7-15(13-22-17)12-20-14-16(19-9-10-21-19)11-18(23)6-4-2/h4,6-10,13-14,20H,3,5,11-12H2,1-2H3/b6-4?,16-14-. The van der Waals surface area contributed by atoms with Gasteiger partial charge in [0.2, 0.25) is 0 Å². The topological polar surface area (TPSA) is 54.4 Å². The Morgan fingerprint density at radius 3 is 2.74 bits per heavy atom. The molecule has 120 valence electrons. The zero-order valence-electron chi connectivity index (χ0n) is 13.7. The fraction of sp³-hybridized carbons (Fsp3) is 0.316. The Labute approximate surface area is 137 Å². The summed E-state index contributed by atoms with van der Waals surface area (Å²) in [5, 5.41) is 3.26. The molecule has 1 aliphatic heterocycles. The molecule has 1 aromatic heterocycles. The molecule has 0 aliphatic carbocycles. The second kappa shape index (κ2) is 8.83. The Morgan fingerprint density at radius 1 is 1.35 bits per heavy atom. The van der Waals surface area contributed by atoms with Crippen molar-refractivity contribution in [1.82, 2.24) is 10.3 Å². The minimum absolute atomic E-state index is 0.0779. The van der Waals surface area contributed by atoms with E-state index in [1.165, 1.54) is 0 Å².